The summed E-state index contributed by atoms with van der Waals surface area (Å²) in [6, 6.07) is 15.2. The van der Waals surface area contributed by atoms with Crippen LogP contribution in [0.3, 0.4) is 0 Å². The zero-order chi connectivity index (χ0) is 13.7. The van der Waals surface area contributed by atoms with E-state index in [0.717, 1.165) is 15.5 Å². The number of methoxy groups -OCH3 is 1. The van der Waals surface area contributed by atoms with Crippen LogP contribution in [-0.2, 0) is 0 Å². The number of rotatable bonds is 5. The average Bonchev–Trinajstić information content (AvgIpc) is 2.41. The summed E-state index contributed by atoms with van der Waals surface area (Å²) < 4.78 is 5.11. The third-order valence-corrected chi connectivity index (χ3v) is 3.37. The Morgan fingerprint density at radius 3 is 1.79 bits per heavy atom. The molecule has 0 atom stereocenters. The predicted molar refractivity (Wildman–Crippen MR) is 75.3 cm³/mol. The Balaban J connectivity index is 2.02. The van der Waals surface area contributed by atoms with Gasteiger partial charge in [-0.1, -0.05) is 11.8 Å². The molecule has 100 valence electrons. The molecular weight excluding hydrogens is 262 g/mol. The van der Waals surface area contributed by atoms with Crippen LogP contribution in [0.5, 0.6) is 11.5 Å². The van der Waals surface area contributed by atoms with Crippen LogP contribution < -0.4 is 9.57 Å². The van der Waals surface area contributed by atoms with E-state index < -0.39 is 0 Å². The lowest BCUT2D eigenvalue weighted by Crippen LogP contribution is -2.13. The summed E-state index contributed by atoms with van der Waals surface area (Å²) >= 11 is 1.63. The molecule has 0 aliphatic rings. The van der Waals surface area contributed by atoms with Crippen molar-refractivity contribution in [3.8, 4) is 11.5 Å². The Labute approximate surface area is 116 Å². The largest absolute Gasteiger partial charge is 0.753 e. The molecule has 2 aromatic rings. The number of benzene rings is 2. The third-order valence-electron chi connectivity index (χ3n) is 2.35. The third kappa shape index (κ3) is 4.17. The molecule has 0 heterocycles. The van der Waals surface area contributed by atoms with E-state index >= 15 is 0 Å². The second kappa shape index (κ2) is 6.47. The van der Waals surface area contributed by atoms with Crippen LogP contribution in [0.1, 0.15) is 0 Å². The highest BCUT2D eigenvalue weighted by molar-refractivity contribution is 7.99. The van der Waals surface area contributed by atoms with Crippen LogP contribution in [0.15, 0.2) is 58.3 Å². The van der Waals surface area contributed by atoms with E-state index in [9.17, 15) is 5.21 Å². The Morgan fingerprint density at radius 1 is 0.895 bits per heavy atom. The van der Waals surface area contributed by atoms with Crippen LogP contribution in [0, 0.1) is 5.21 Å². The van der Waals surface area contributed by atoms with E-state index in [0.29, 0.717) is 11.0 Å². The van der Waals surface area contributed by atoms with Crippen molar-refractivity contribution in [1.29, 1.82) is 0 Å². The molecule has 0 N–H and O–H groups in total. The first kappa shape index (κ1) is 13.7. The van der Waals surface area contributed by atoms with Gasteiger partial charge < -0.3 is 14.8 Å². The Kier molecular flexibility index (Phi) is 4.68. The quantitative estimate of drug-likeness (QED) is 0.781. The molecule has 0 unspecified atom stereocenters. The standard InChI is InChI=1S/C14H14NO3S/c1-15(16)18-12-5-9-14(10-6-12)19-13-7-3-11(17-2)4-8-13/h3-10H,1-2H3/q-1. The minimum atomic E-state index is 0.422. The molecule has 0 saturated carbocycles. The summed E-state index contributed by atoms with van der Waals surface area (Å²) in [5.41, 5.74) is 0. The van der Waals surface area contributed by atoms with Crippen molar-refractivity contribution in [2.75, 3.05) is 14.2 Å². The van der Waals surface area contributed by atoms with Gasteiger partial charge in [0.1, 0.15) is 11.5 Å². The van der Waals surface area contributed by atoms with Crippen LogP contribution in [-0.4, -0.2) is 19.4 Å². The maximum absolute atomic E-state index is 10.7. The summed E-state index contributed by atoms with van der Waals surface area (Å²) in [4.78, 5) is 7.10. The van der Waals surface area contributed by atoms with Gasteiger partial charge in [-0.15, -0.1) is 0 Å². The highest BCUT2D eigenvalue weighted by Gasteiger charge is 1.99. The minimum absolute atomic E-state index is 0.422. The van der Waals surface area contributed by atoms with Crippen molar-refractivity contribution < 1.29 is 9.57 Å². The Bertz CT molecular complexity index is 511. The minimum Gasteiger partial charge on any atom is -0.753 e. The molecule has 0 bridgehead atoms. The van der Waals surface area contributed by atoms with Crippen LogP contribution in [0.25, 0.3) is 0 Å². The number of nitrogens with zero attached hydrogens (tertiary/aromatic N) is 1. The van der Waals surface area contributed by atoms with Gasteiger partial charge in [-0.2, -0.15) is 0 Å². The van der Waals surface area contributed by atoms with E-state index in [4.69, 9.17) is 9.57 Å². The van der Waals surface area contributed by atoms with Gasteiger partial charge >= 0.3 is 0 Å². The summed E-state index contributed by atoms with van der Waals surface area (Å²) in [6.07, 6.45) is 0. The molecule has 2 aromatic carbocycles. The number of hydroxylamine groups is 2. The van der Waals surface area contributed by atoms with Crippen LogP contribution >= 0.6 is 11.8 Å². The maximum Gasteiger partial charge on any atom is 0.146 e. The van der Waals surface area contributed by atoms with Gasteiger partial charge in [0.05, 0.1) is 7.11 Å². The average molecular weight is 276 g/mol. The second-order valence-corrected chi connectivity index (χ2v) is 4.93. The summed E-state index contributed by atoms with van der Waals surface area (Å²) in [7, 11) is 2.95. The first-order chi connectivity index (χ1) is 9.17. The Hall–Kier alpha value is -1.69. The number of hydrogen-bond donors (Lipinski definition) is 0. The zero-order valence-corrected chi connectivity index (χ0v) is 11.5. The maximum atomic E-state index is 10.7. The molecule has 2 rings (SSSR count). The lowest BCUT2D eigenvalue weighted by molar-refractivity contribution is 0.0217. The molecule has 0 amide bonds. The molecule has 0 aliphatic carbocycles. The molecule has 0 aliphatic heterocycles. The fraction of sp³-hybridized carbons (Fsp3) is 0.143. The summed E-state index contributed by atoms with van der Waals surface area (Å²) in [5, 5.41) is 11.1. The summed E-state index contributed by atoms with van der Waals surface area (Å²) in [6.45, 7) is 0. The van der Waals surface area contributed by atoms with Gasteiger partial charge in [0.15, 0.2) is 0 Å². The lowest BCUT2D eigenvalue weighted by atomic mass is 10.3. The second-order valence-electron chi connectivity index (χ2n) is 3.78. The van der Waals surface area contributed by atoms with Gasteiger partial charge in [0.2, 0.25) is 0 Å². The molecule has 4 nitrogen and oxygen atoms in total. The Morgan fingerprint density at radius 2 is 1.37 bits per heavy atom. The fourth-order valence-electron chi connectivity index (χ4n) is 1.50. The van der Waals surface area contributed by atoms with E-state index in [1.165, 1.54) is 7.05 Å². The van der Waals surface area contributed by atoms with E-state index in [1.54, 1.807) is 31.0 Å². The molecule has 0 spiro atoms. The van der Waals surface area contributed by atoms with Crippen molar-refractivity contribution in [2.45, 2.75) is 9.79 Å². The number of hydrogen-bond acceptors (Lipinski definition) is 5. The van der Waals surface area contributed by atoms with Crippen molar-refractivity contribution in [1.82, 2.24) is 5.23 Å². The van der Waals surface area contributed by atoms with Gasteiger partial charge in [-0.3, -0.25) is 0 Å². The lowest BCUT2D eigenvalue weighted by Gasteiger charge is -2.21. The fourth-order valence-corrected chi connectivity index (χ4v) is 2.31. The monoisotopic (exact) mass is 276 g/mol. The molecular formula is C14H14NO3S-. The van der Waals surface area contributed by atoms with Crippen LogP contribution in [0.2, 0.25) is 0 Å². The predicted octanol–water partition coefficient (Wildman–Crippen LogP) is 3.57. The SMILES string of the molecule is COc1ccc(Sc2ccc(ON(C)[O-])cc2)cc1. The van der Waals surface area contributed by atoms with E-state index in [1.807, 2.05) is 36.4 Å². The van der Waals surface area contributed by atoms with E-state index in [-0.39, 0.29) is 0 Å². The van der Waals surface area contributed by atoms with Crippen molar-refractivity contribution in [3.63, 3.8) is 0 Å². The first-order valence-electron chi connectivity index (χ1n) is 5.68. The topological polar surface area (TPSA) is 44.8 Å². The molecule has 19 heavy (non-hydrogen) atoms. The molecule has 5 heteroatoms. The van der Waals surface area contributed by atoms with Gasteiger partial charge in [-0.05, 0) is 48.5 Å². The van der Waals surface area contributed by atoms with Crippen molar-refractivity contribution >= 4 is 11.8 Å². The van der Waals surface area contributed by atoms with Crippen LogP contribution in [0.4, 0.5) is 0 Å². The smallest absolute Gasteiger partial charge is 0.146 e. The first-order valence-corrected chi connectivity index (χ1v) is 6.50. The van der Waals surface area contributed by atoms with Crippen molar-refractivity contribution in [3.05, 3.63) is 53.7 Å². The van der Waals surface area contributed by atoms with Gasteiger partial charge in [0, 0.05) is 16.8 Å². The normalized spacial score (nSPS) is 10.5. The molecule has 0 radical (unpaired) electrons. The van der Waals surface area contributed by atoms with Gasteiger partial charge in [0.25, 0.3) is 0 Å². The van der Waals surface area contributed by atoms with E-state index in [2.05, 4.69) is 0 Å². The molecule has 0 fully saturated rings. The number of ether oxygens (including phenoxy) is 1. The highest BCUT2D eigenvalue weighted by Crippen LogP contribution is 2.30. The van der Waals surface area contributed by atoms with Gasteiger partial charge in [-0.25, -0.2) is 5.23 Å². The zero-order valence-electron chi connectivity index (χ0n) is 10.7. The highest BCUT2D eigenvalue weighted by atomic mass is 32.2. The van der Waals surface area contributed by atoms with Crippen molar-refractivity contribution in [2.24, 2.45) is 0 Å². The summed E-state index contributed by atoms with van der Waals surface area (Å²) in [5.74, 6) is 1.36. The molecule has 0 saturated heterocycles. The molecule has 0 aromatic heterocycles.